The summed E-state index contributed by atoms with van der Waals surface area (Å²) in [6.07, 6.45) is 3.14. The lowest BCUT2D eigenvalue weighted by Crippen LogP contribution is -3.00. The zero-order valence-electron chi connectivity index (χ0n) is 14.8. The molecule has 0 bridgehead atoms. The van der Waals surface area contributed by atoms with Gasteiger partial charge in [-0.1, -0.05) is 48.7 Å². The minimum Gasteiger partial charge on any atom is -1.00 e. The second kappa shape index (κ2) is 9.03. The molecule has 0 saturated heterocycles. The Morgan fingerprint density at radius 2 is 1.85 bits per heavy atom. The van der Waals surface area contributed by atoms with E-state index in [1.54, 1.807) is 18.2 Å². The van der Waals surface area contributed by atoms with Crippen LogP contribution in [-0.4, -0.2) is 10.4 Å². The van der Waals surface area contributed by atoms with Gasteiger partial charge in [0.15, 0.2) is 17.6 Å². The van der Waals surface area contributed by atoms with Gasteiger partial charge >= 0.3 is 0 Å². The van der Waals surface area contributed by atoms with Crippen molar-refractivity contribution < 1.29 is 26.3 Å². The molecule has 0 radical (unpaired) electrons. The monoisotopic (exact) mass is 454 g/mol. The third kappa shape index (κ3) is 4.13. The maximum Gasteiger partial charge on any atom is 0.257 e. The highest BCUT2D eigenvalue weighted by Gasteiger charge is 2.24. The zero-order chi connectivity index (χ0) is 18.0. The van der Waals surface area contributed by atoms with Gasteiger partial charge in [-0.05, 0) is 36.8 Å². The van der Waals surface area contributed by atoms with Crippen LogP contribution in [0.1, 0.15) is 35.9 Å². The van der Waals surface area contributed by atoms with Gasteiger partial charge in [-0.3, -0.25) is 4.79 Å². The molecular weight excluding hydrogens is 435 g/mol. The van der Waals surface area contributed by atoms with E-state index in [9.17, 15) is 4.79 Å². The van der Waals surface area contributed by atoms with E-state index in [4.69, 9.17) is 23.2 Å². The number of hydrogen-bond donors (Lipinski definition) is 0. The molecule has 3 aromatic rings. The van der Waals surface area contributed by atoms with Gasteiger partial charge in [0.25, 0.3) is 5.82 Å². The molecule has 0 aliphatic rings. The molecule has 0 aliphatic carbocycles. The minimum absolute atomic E-state index is 0. The number of fused-ring (bicyclic) bond motifs is 1. The van der Waals surface area contributed by atoms with E-state index in [-0.39, 0.29) is 22.8 Å². The summed E-state index contributed by atoms with van der Waals surface area (Å²) in [6.45, 7) is 2.46. The van der Waals surface area contributed by atoms with Gasteiger partial charge < -0.3 is 17.0 Å². The number of benzene rings is 2. The van der Waals surface area contributed by atoms with Crippen molar-refractivity contribution in [2.45, 2.75) is 32.7 Å². The van der Waals surface area contributed by atoms with E-state index in [0.29, 0.717) is 22.2 Å². The summed E-state index contributed by atoms with van der Waals surface area (Å²) in [5.74, 6) is 1.19. The summed E-state index contributed by atoms with van der Waals surface area (Å²) in [6, 6.07) is 13.2. The van der Waals surface area contributed by atoms with Gasteiger partial charge in [0.1, 0.15) is 0 Å². The first-order valence-electron chi connectivity index (χ1n) is 8.47. The van der Waals surface area contributed by atoms with E-state index in [1.807, 2.05) is 12.1 Å². The lowest BCUT2D eigenvalue weighted by Gasteiger charge is -2.04. The third-order valence-electron chi connectivity index (χ3n) is 4.53. The minimum atomic E-state index is 0. The SMILES string of the molecule is CCCCc1n(CC(=O)c2ccc(Cl)c(Cl)c2)c2ccccc2[n+]1C.[Br-]. The molecule has 0 spiro atoms. The van der Waals surface area contributed by atoms with E-state index in [2.05, 4.69) is 35.2 Å². The van der Waals surface area contributed by atoms with Crippen LogP contribution in [-0.2, 0) is 20.0 Å². The maximum atomic E-state index is 12.8. The summed E-state index contributed by atoms with van der Waals surface area (Å²) >= 11 is 12.0. The van der Waals surface area contributed by atoms with Crippen LogP contribution < -0.4 is 21.5 Å². The fourth-order valence-electron chi connectivity index (χ4n) is 3.15. The van der Waals surface area contributed by atoms with Crippen molar-refractivity contribution >= 4 is 40.0 Å². The number of Topliss-reactive ketones (excluding diaryl/α,β-unsaturated/α-hetero) is 1. The average Bonchev–Trinajstić information content (AvgIpc) is 2.87. The highest BCUT2D eigenvalue weighted by molar-refractivity contribution is 6.42. The number of hydrogen-bond acceptors (Lipinski definition) is 1. The molecule has 6 heteroatoms. The topological polar surface area (TPSA) is 25.9 Å². The highest BCUT2D eigenvalue weighted by atomic mass is 79.9. The van der Waals surface area contributed by atoms with E-state index < -0.39 is 0 Å². The second-order valence-electron chi connectivity index (χ2n) is 6.21. The molecule has 3 rings (SSSR count). The lowest BCUT2D eigenvalue weighted by molar-refractivity contribution is -0.654. The Morgan fingerprint density at radius 1 is 1.12 bits per heavy atom. The van der Waals surface area contributed by atoms with Crippen molar-refractivity contribution in [1.82, 2.24) is 4.57 Å². The fourth-order valence-corrected chi connectivity index (χ4v) is 3.45. The van der Waals surface area contributed by atoms with Crippen LogP contribution in [0, 0.1) is 0 Å². The van der Waals surface area contributed by atoms with Crippen LogP contribution >= 0.6 is 23.2 Å². The normalized spacial score (nSPS) is 10.8. The van der Waals surface area contributed by atoms with Gasteiger partial charge in [0.05, 0.1) is 17.1 Å². The molecule has 0 saturated carbocycles. The number of halogens is 3. The number of carbonyl (C=O) groups is 1. The van der Waals surface area contributed by atoms with Gasteiger partial charge in [-0.15, -0.1) is 0 Å². The molecule has 26 heavy (non-hydrogen) atoms. The first-order valence-corrected chi connectivity index (χ1v) is 9.23. The molecule has 0 amide bonds. The Labute approximate surface area is 174 Å². The Balaban J connectivity index is 0.00000243. The lowest BCUT2D eigenvalue weighted by atomic mass is 10.1. The third-order valence-corrected chi connectivity index (χ3v) is 5.27. The molecule has 1 aromatic heterocycles. The predicted molar refractivity (Wildman–Crippen MR) is 103 cm³/mol. The van der Waals surface area contributed by atoms with E-state index in [1.165, 1.54) is 0 Å². The van der Waals surface area contributed by atoms with Crippen molar-refractivity contribution in [3.05, 3.63) is 63.9 Å². The molecule has 0 fully saturated rings. The smallest absolute Gasteiger partial charge is 0.257 e. The Kier molecular flexibility index (Phi) is 7.27. The molecule has 0 aliphatic heterocycles. The van der Waals surface area contributed by atoms with Crippen LogP contribution in [0.3, 0.4) is 0 Å². The van der Waals surface area contributed by atoms with Crippen molar-refractivity contribution in [3.63, 3.8) is 0 Å². The van der Waals surface area contributed by atoms with Gasteiger partial charge in [-0.25, -0.2) is 9.13 Å². The predicted octanol–water partition coefficient (Wildman–Crippen LogP) is 2.00. The first kappa shape index (κ1) is 20.9. The maximum absolute atomic E-state index is 12.8. The van der Waals surface area contributed by atoms with Crippen LogP contribution in [0.25, 0.3) is 11.0 Å². The van der Waals surface area contributed by atoms with E-state index in [0.717, 1.165) is 36.1 Å². The summed E-state index contributed by atoms with van der Waals surface area (Å²) < 4.78 is 4.31. The number of ketones is 1. The van der Waals surface area contributed by atoms with Crippen LogP contribution in [0.5, 0.6) is 0 Å². The van der Waals surface area contributed by atoms with Gasteiger partial charge in [-0.2, -0.15) is 0 Å². The molecule has 2 aromatic carbocycles. The van der Waals surface area contributed by atoms with E-state index >= 15 is 0 Å². The Hall–Kier alpha value is -1.36. The molecule has 1 heterocycles. The largest absolute Gasteiger partial charge is 1.00 e. The molecule has 0 atom stereocenters. The summed E-state index contributed by atoms with van der Waals surface area (Å²) in [4.78, 5) is 12.8. The van der Waals surface area contributed by atoms with Crippen LogP contribution in [0.2, 0.25) is 10.0 Å². The summed E-state index contributed by atoms with van der Waals surface area (Å²) in [5, 5.41) is 0.862. The Bertz CT molecular complexity index is 937. The van der Waals surface area contributed by atoms with Crippen molar-refractivity contribution in [1.29, 1.82) is 0 Å². The second-order valence-corrected chi connectivity index (χ2v) is 7.02. The van der Waals surface area contributed by atoms with Crippen molar-refractivity contribution in [2.75, 3.05) is 0 Å². The zero-order valence-corrected chi connectivity index (χ0v) is 17.9. The number of aromatic nitrogens is 2. The molecule has 0 N–H and O–H groups in total. The number of unbranched alkanes of at least 4 members (excludes halogenated alkanes) is 1. The number of imidazole rings is 1. The van der Waals surface area contributed by atoms with Gasteiger partial charge in [0, 0.05) is 12.0 Å². The Morgan fingerprint density at radius 3 is 2.54 bits per heavy atom. The summed E-state index contributed by atoms with van der Waals surface area (Å²) in [7, 11) is 2.06. The van der Waals surface area contributed by atoms with Crippen LogP contribution in [0.15, 0.2) is 42.5 Å². The highest BCUT2D eigenvalue weighted by Crippen LogP contribution is 2.23. The average molecular weight is 456 g/mol. The number of para-hydroxylation sites is 2. The first-order chi connectivity index (χ1) is 12.0. The quantitative estimate of drug-likeness (QED) is 0.412. The number of rotatable bonds is 6. The fraction of sp³-hybridized carbons (Fsp3) is 0.300. The van der Waals surface area contributed by atoms with Crippen molar-refractivity contribution in [2.24, 2.45) is 7.05 Å². The number of aryl methyl sites for hydroxylation is 1. The molecule has 0 unspecified atom stereocenters. The number of nitrogens with zero attached hydrogens (tertiary/aromatic N) is 2. The number of carbonyl (C=O) groups excluding carboxylic acids is 1. The van der Waals surface area contributed by atoms with Crippen LogP contribution in [0.4, 0.5) is 0 Å². The molecule has 138 valence electrons. The summed E-state index contributed by atoms with van der Waals surface area (Å²) in [5.41, 5.74) is 2.79. The van der Waals surface area contributed by atoms with Crippen molar-refractivity contribution in [3.8, 4) is 0 Å². The standard InChI is InChI=1S/C20H21Cl2N2O.BrH/c1-3-4-9-20-23(2)17-7-5-6-8-18(17)24(20)13-19(25)14-10-11-15(21)16(22)12-14;/h5-8,10-12H,3-4,9,13H2,1-2H3;1H/q+1;/p-1. The molecular formula is C20H21BrCl2N2O. The molecule has 3 nitrogen and oxygen atoms in total. The van der Waals surface area contributed by atoms with Gasteiger partial charge in [0.2, 0.25) is 5.78 Å².